The van der Waals surface area contributed by atoms with Crippen LogP contribution in [0.4, 0.5) is 10.5 Å². The summed E-state index contributed by atoms with van der Waals surface area (Å²) in [5, 5.41) is 10.8. The Morgan fingerprint density at radius 1 is 1.32 bits per heavy atom. The van der Waals surface area contributed by atoms with Crippen LogP contribution in [0.15, 0.2) is 21.1 Å². The van der Waals surface area contributed by atoms with Gasteiger partial charge in [0.1, 0.15) is 5.75 Å². The number of carboxylic acids is 1. The number of halogens is 2. The summed E-state index contributed by atoms with van der Waals surface area (Å²) in [5.74, 6) is -0.656. The molecule has 0 bridgehead atoms. The normalized spacial score (nSPS) is 9.84. The molecular weight excluding hydrogens is 388 g/mol. The molecule has 9 heteroatoms. The maximum absolute atomic E-state index is 11.4. The van der Waals surface area contributed by atoms with E-state index >= 15 is 0 Å². The highest BCUT2D eigenvalue weighted by atomic mass is 79.9. The van der Waals surface area contributed by atoms with Gasteiger partial charge in [-0.3, -0.25) is 4.84 Å². The number of hydroxylamine groups is 1. The number of benzene rings is 1. The molecule has 0 atom stereocenters. The number of hydrogen-bond acceptors (Lipinski definition) is 4. The first-order valence-corrected chi connectivity index (χ1v) is 6.46. The van der Waals surface area contributed by atoms with Gasteiger partial charge in [-0.2, -0.15) is 0 Å². The van der Waals surface area contributed by atoms with E-state index in [4.69, 9.17) is 9.84 Å². The molecule has 0 fully saturated rings. The third-order valence-electron chi connectivity index (χ3n) is 1.85. The van der Waals surface area contributed by atoms with Crippen LogP contribution in [0.2, 0.25) is 0 Å². The lowest BCUT2D eigenvalue weighted by atomic mass is 10.3. The predicted octanol–water partition coefficient (Wildman–Crippen LogP) is 2.36. The third kappa shape index (κ3) is 5.05. The molecule has 0 aliphatic carbocycles. The van der Waals surface area contributed by atoms with Gasteiger partial charge in [-0.05, 0) is 37.9 Å². The van der Waals surface area contributed by atoms with Gasteiger partial charge in [-0.15, -0.1) is 0 Å². The van der Waals surface area contributed by atoms with Crippen molar-refractivity contribution in [3.05, 3.63) is 21.1 Å². The summed E-state index contributed by atoms with van der Waals surface area (Å²) in [7, 11) is 1.49. The number of carboxylic acid groups (broad SMARTS) is 1. The van der Waals surface area contributed by atoms with Gasteiger partial charge in [0.2, 0.25) is 0 Å². The molecule has 0 saturated carbocycles. The van der Waals surface area contributed by atoms with Crippen LogP contribution in [-0.2, 0) is 9.63 Å². The number of methoxy groups -OCH3 is 1. The number of aliphatic carboxylic acids is 1. The maximum atomic E-state index is 11.4. The van der Waals surface area contributed by atoms with Crippen LogP contribution in [0.1, 0.15) is 0 Å². The molecule has 0 heterocycles. The first kappa shape index (κ1) is 15.7. The molecule has 1 rings (SSSR count). The average molecular weight is 398 g/mol. The molecule has 0 aliphatic heterocycles. The summed E-state index contributed by atoms with van der Waals surface area (Å²) in [4.78, 5) is 26.0. The lowest BCUT2D eigenvalue weighted by Gasteiger charge is -2.11. The number of anilines is 1. The third-order valence-corrected chi connectivity index (χ3v) is 3.13. The van der Waals surface area contributed by atoms with Crippen LogP contribution < -0.4 is 15.5 Å². The highest BCUT2D eigenvalue weighted by Crippen LogP contribution is 2.34. The summed E-state index contributed by atoms with van der Waals surface area (Å²) in [6.45, 7) is -0.627. The Morgan fingerprint density at radius 2 is 2.00 bits per heavy atom. The van der Waals surface area contributed by atoms with E-state index in [-0.39, 0.29) is 0 Å². The van der Waals surface area contributed by atoms with Gasteiger partial charge in [0.25, 0.3) is 0 Å². The molecule has 3 N–H and O–H groups in total. The van der Waals surface area contributed by atoms with Crippen molar-refractivity contribution in [2.45, 2.75) is 0 Å². The lowest BCUT2D eigenvalue weighted by Crippen LogP contribution is -2.30. The molecule has 0 radical (unpaired) electrons. The molecule has 0 spiro atoms. The smallest absolute Gasteiger partial charge is 0.343 e. The molecule has 0 unspecified atom stereocenters. The molecule has 0 aromatic heterocycles. The second-order valence-electron chi connectivity index (χ2n) is 3.21. The first-order chi connectivity index (χ1) is 8.93. The summed E-state index contributed by atoms with van der Waals surface area (Å²) < 4.78 is 6.42. The van der Waals surface area contributed by atoms with E-state index < -0.39 is 18.6 Å². The van der Waals surface area contributed by atoms with Crippen LogP contribution >= 0.6 is 31.9 Å². The quantitative estimate of drug-likeness (QED) is 0.662. The molecule has 7 nitrogen and oxygen atoms in total. The zero-order chi connectivity index (χ0) is 14.4. The zero-order valence-electron chi connectivity index (χ0n) is 9.70. The second kappa shape index (κ2) is 7.31. The number of urea groups is 1. The molecule has 19 heavy (non-hydrogen) atoms. The van der Waals surface area contributed by atoms with Crippen LogP contribution in [-0.4, -0.2) is 30.8 Å². The lowest BCUT2D eigenvalue weighted by molar-refractivity contribution is -0.143. The number of amides is 2. The van der Waals surface area contributed by atoms with E-state index in [2.05, 4.69) is 42.0 Å². The van der Waals surface area contributed by atoms with Crippen LogP contribution in [0.3, 0.4) is 0 Å². The topological polar surface area (TPSA) is 96.9 Å². The minimum atomic E-state index is -1.19. The zero-order valence-corrected chi connectivity index (χ0v) is 12.9. The number of nitrogens with one attached hydrogen (secondary N) is 2. The fourth-order valence-electron chi connectivity index (χ4n) is 1.09. The number of hydrogen-bond donors (Lipinski definition) is 3. The van der Waals surface area contributed by atoms with Gasteiger partial charge in [0, 0.05) is 10.5 Å². The Morgan fingerprint density at radius 3 is 2.58 bits per heavy atom. The van der Waals surface area contributed by atoms with Crippen molar-refractivity contribution in [3.8, 4) is 5.75 Å². The van der Waals surface area contributed by atoms with Gasteiger partial charge in [-0.25, -0.2) is 15.1 Å². The van der Waals surface area contributed by atoms with E-state index in [0.717, 1.165) is 4.47 Å². The van der Waals surface area contributed by atoms with Crippen LogP contribution in [0, 0.1) is 0 Å². The highest BCUT2D eigenvalue weighted by molar-refractivity contribution is 9.11. The number of carbonyl (C=O) groups is 2. The number of rotatable bonds is 5. The summed E-state index contributed by atoms with van der Waals surface area (Å²) >= 11 is 6.56. The summed E-state index contributed by atoms with van der Waals surface area (Å²) in [6, 6.07) is 2.59. The van der Waals surface area contributed by atoms with Crippen molar-refractivity contribution in [1.29, 1.82) is 0 Å². The van der Waals surface area contributed by atoms with Crippen LogP contribution in [0.5, 0.6) is 5.75 Å². The van der Waals surface area contributed by atoms with E-state index in [0.29, 0.717) is 15.9 Å². The van der Waals surface area contributed by atoms with Crippen molar-refractivity contribution in [3.63, 3.8) is 0 Å². The Balaban J connectivity index is 2.66. The first-order valence-electron chi connectivity index (χ1n) is 4.87. The predicted molar refractivity (Wildman–Crippen MR) is 74.1 cm³/mol. The van der Waals surface area contributed by atoms with Gasteiger partial charge in [0.05, 0.1) is 17.3 Å². The minimum absolute atomic E-state index is 0.441. The molecule has 104 valence electrons. The van der Waals surface area contributed by atoms with Crippen LogP contribution in [0.25, 0.3) is 0 Å². The Bertz CT molecular complexity index is 495. The van der Waals surface area contributed by atoms with Crippen molar-refractivity contribution >= 4 is 49.5 Å². The number of carbonyl (C=O) groups excluding carboxylic acids is 1. The van der Waals surface area contributed by atoms with E-state index in [1.165, 1.54) is 7.11 Å². The van der Waals surface area contributed by atoms with Gasteiger partial charge >= 0.3 is 12.0 Å². The average Bonchev–Trinajstić information content (AvgIpc) is 2.32. The fraction of sp³-hybridized carbons (Fsp3) is 0.200. The largest absolute Gasteiger partial charge is 0.495 e. The highest BCUT2D eigenvalue weighted by Gasteiger charge is 2.10. The van der Waals surface area contributed by atoms with Crippen molar-refractivity contribution < 1.29 is 24.3 Å². The van der Waals surface area contributed by atoms with E-state index in [9.17, 15) is 9.59 Å². The molecule has 1 aromatic carbocycles. The fourth-order valence-corrected chi connectivity index (χ4v) is 2.35. The summed E-state index contributed by atoms with van der Waals surface area (Å²) in [5.41, 5.74) is 2.38. The monoisotopic (exact) mass is 396 g/mol. The second-order valence-corrected chi connectivity index (χ2v) is 4.91. The SMILES string of the molecule is COc1cc(NC(=O)NOCC(=O)O)c(Br)cc1Br. The van der Waals surface area contributed by atoms with E-state index in [1.54, 1.807) is 12.1 Å². The van der Waals surface area contributed by atoms with Crippen molar-refractivity contribution in [2.24, 2.45) is 0 Å². The molecule has 2 amide bonds. The Kier molecular flexibility index (Phi) is 6.06. The number of ether oxygens (including phenoxy) is 1. The van der Waals surface area contributed by atoms with Gasteiger partial charge in [-0.1, -0.05) is 0 Å². The molecule has 0 aliphatic rings. The molecule has 0 saturated heterocycles. The van der Waals surface area contributed by atoms with Crippen molar-refractivity contribution in [1.82, 2.24) is 5.48 Å². The minimum Gasteiger partial charge on any atom is -0.495 e. The molecular formula is C10H10Br2N2O5. The van der Waals surface area contributed by atoms with E-state index in [1.807, 2.05) is 5.48 Å². The van der Waals surface area contributed by atoms with Gasteiger partial charge in [0.15, 0.2) is 6.61 Å². The van der Waals surface area contributed by atoms with Gasteiger partial charge < -0.3 is 15.2 Å². The molecule has 1 aromatic rings. The standard InChI is InChI=1S/C10H10Br2N2O5/c1-18-8-3-7(5(11)2-6(8)12)13-10(17)14-19-4-9(15)16/h2-3H,4H2,1H3,(H,15,16)(H2,13,14,17). The Labute approximate surface area is 125 Å². The van der Waals surface area contributed by atoms with Crippen molar-refractivity contribution in [2.75, 3.05) is 19.0 Å². The maximum Gasteiger partial charge on any atom is 0.343 e. The summed E-state index contributed by atoms with van der Waals surface area (Å²) in [6.07, 6.45) is 0. The Hall–Kier alpha value is -1.32.